The third-order valence-electron chi connectivity index (χ3n) is 5.06. The number of nitrogens with zero attached hydrogens (tertiary/aromatic N) is 1. The van der Waals surface area contributed by atoms with Crippen molar-refractivity contribution in [2.45, 2.75) is 52.0 Å². The van der Waals surface area contributed by atoms with E-state index in [-0.39, 0.29) is 30.1 Å². The average Bonchev–Trinajstić information content (AvgIpc) is 2.90. The number of nitrogens with two attached hydrogens (primary N) is 1. The van der Waals surface area contributed by atoms with E-state index in [1.807, 2.05) is 13.8 Å². The number of nitrogens with one attached hydrogen (secondary N) is 2. The Balaban J connectivity index is 0.00000364. The second kappa shape index (κ2) is 12.0. The first-order valence-corrected chi connectivity index (χ1v) is 9.68. The SMILES string of the molecule is CCC(C)C(N)C(=O)Nc1ccc(NC(=O)CN2CCCCCC2)cc1.Cl. The van der Waals surface area contributed by atoms with Crippen molar-refractivity contribution in [2.75, 3.05) is 30.3 Å². The van der Waals surface area contributed by atoms with Gasteiger partial charge in [0.15, 0.2) is 0 Å². The maximum atomic E-state index is 12.2. The Morgan fingerprint density at radius 1 is 1.04 bits per heavy atom. The Morgan fingerprint density at radius 3 is 2.07 bits per heavy atom. The van der Waals surface area contributed by atoms with Crippen molar-refractivity contribution in [3.05, 3.63) is 24.3 Å². The van der Waals surface area contributed by atoms with E-state index in [0.29, 0.717) is 12.2 Å². The van der Waals surface area contributed by atoms with Crippen LogP contribution in [-0.2, 0) is 9.59 Å². The number of rotatable bonds is 7. The number of amides is 2. The minimum Gasteiger partial charge on any atom is -0.325 e. The van der Waals surface area contributed by atoms with Gasteiger partial charge in [0.25, 0.3) is 0 Å². The summed E-state index contributed by atoms with van der Waals surface area (Å²) in [6.07, 6.45) is 5.70. The summed E-state index contributed by atoms with van der Waals surface area (Å²) in [4.78, 5) is 26.5. The van der Waals surface area contributed by atoms with Crippen LogP contribution in [0.15, 0.2) is 24.3 Å². The van der Waals surface area contributed by atoms with Crippen molar-refractivity contribution in [1.29, 1.82) is 0 Å². The van der Waals surface area contributed by atoms with Gasteiger partial charge in [0.1, 0.15) is 0 Å². The van der Waals surface area contributed by atoms with Crippen LogP contribution < -0.4 is 16.4 Å². The standard InChI is InChI=1S/C20H32N4O2.ClH/c1-3-15(2)19(21)20(26)23-17-10-8-16(9-11-17)22-18(25)14-24-12-6-4-5-7-13-24;/h8-11,15,19H,3-7,12-14,21H2,1-2H3,(H,22,25)(H,23,26);1H. The lowest BCUT2D eigenvalue weighted by molar-refractivity contribution is -0.118. The largest absolute Gasteiger partial charge is 0.325 e. The number of carbonyl (C=O) groups is 2. The molecule has 0 saturated carbocycles. The lowest BCUT2D eigenvalue weighted by Crippen LogP contribution is -2.40. The molecule has 0 bridgehead atoms. The van der Waals surface area contributed by atoms with Crippen molar-refractivity contribution in [2.24, 2.45) is 11.7 Å². The summed E-state index contributed by atoms with van der Waals surface area (Å²) in [6.45, 7) is 6.40. The summed E-state index contributed by atoms with van der Waals surface area (Å²) in [5, 5.41) is 5.75. The molecule has 0 spiro atoms. The molecule has 27 heavy (non-hydrogen) atoms. The number of halogens is 1. The fourth-order valence-corrected chi connectivity index (χ4v) is 3.07. The Hall–Kier alpha value is -1.63. The van der Waals surface area contributed by atoms with Crippen LogP contribution in [0.2, 0.25) is 0 Å². The normalized spacial score (nSPS) is 17.1. The Bertz CT molecular complexity index is 586. The number of likely N-dealkylation sites (tertiary alicyclic amines) is 1. The summed E-state index contributed by atoms with van der Waals surface area (Å²) in [5.74, 6) is -0.0488. The predicted octanol–water partition coefficient (Wildman–Crippen LogP) is 3.23. The molecule has 152 valence electrons. The van der Waals surface area contributed by atoms with Crippen molar-refractivity contribution in [1.82, 2.24) is 4.90 Å². The molecule has 1 saturated heterocycles. The molecule has 0 radical (unpaired) electrons. The van der Waals surface area contributed by atoms with Crippen LogP contribution in [0.5, 0.6) is 0 Å². The lowest BCUT2D eigenvalue weighted by atomic mass is 9.99. The second-order valence-corrected chi connectivity index (χ2v) is 7.22. The van der Waals surface area contributed by atoms with E-state index in [9.17, 15) is 9.59 Å². The number of benzene rings is 1. The summed E-state index contributed by atoms with van der Waals surface area (Å²) in [7, 11) is 0. The molecule has 1 aromatic rings. The minimum atomic E-state index is -0.520. The molecule has 4 N–H and O–H groups in total. The number of hydrogen-bond acceptors (Lipinski definition) is 4. The van der Waals surface area contributed by atoms with Crippen LogP contribution in [0.25, 0.3) is 0 Å². The van der Waals surface area contributed by atoms with E-state index in [1.54, 1.807) is 24.3 Å². The van der Waals surface area contributed by atoms with Gasteiger partial charge in [-0.05, 0) is 56.1 Å². The van der Waals surface area contributed by atoms with Gasteiger partial charge < -0.3 is 16.4 Å². The molecule has 1 aliphatic heterocycles. The summed E-state index contributed by atoms with van der Waals surface area (Å²) >= 11 is 0. The van der Waals surface area contributed by atoms with Crippen LogP contribution in [0, 0.1) is 5.92 Å². The molecular formula is C20H33ClN4O2. The molecule has 0 aromatic heterocycles. The fraction of sp³-hybridized carbons (Fsp3) is 0.600. The molecule has 1 fully saturated rings. The van der Waals surface area contributed by atoms with Crippen LogP contribution in [-0.4, -0.2) is 42.4 Å². The molecular weight excluding hydrogens is 364 g/mol. The molecule has 2 amide bonds. The van der Waals surface area contributed by atoms with E-state index >= 15 is 0 Å². The molecule has 2 atom stereocenters. The zero-order valence-corrected chi connectivity index (χ0v) is 17.2. The molecule has 1 aliphatic rings. The first-order valence-electron chi connectivity index (χ1n) is 9.68. The molecule has 6 nitrogen and oxygen atoms in total. The Labute approximate surface area is 168 Å². The highest BCUT2D eigenvalue weighted by Crippen LogP contribution is 2.15. The highest BCUT2D eigenvalue weighted by molar-refractivity contribution is 5.96. The van der Waals surface area contributed by atoms with E-state index < -0.39 is 6.04 Å². The van der Waals surface area contributed by atoms with Crippen molar-refractivity contribution in [3.63, 3.8) is 0 Å². The zero-order chi connectivity index (χ0) is 18.9. The molecule has 1 aromatic carbocycles. The summed E-state index contributed by atoms with van der Waals surface area (Å²) in [6, 6.07) is 6.63. The highest BCUT2D eigenvalue weighted by Gasteiger charge is 2.19. The van der Waals surface area contributed by atoms with Crippen LogP contribution in [0.4, 0.5) is 11.4 Å². The quantitative estimate of drug-likeness (QED) is 0.660. The molecule has 1 heterocycles. The van der Waals surface area contributed by atoms with Crippen LogP contribution >= 0.6 is 12.4 Å². The first-order chi connectivity index (χ1) is 12.5. The number of hydrogen-bond donors (Lipinski definition) is 3. The van der Waals surface area contributed by atoms with E-state index in [2.05, 4.69) is 15.5 Å². The summed E-state index contributed by atoms with van der Waals surface area (Å²) in [5.41, 5.74) is 7.35. The van der Waals surface area contributed by atoms with Gasteiger partial charge in [-0.25, -0.2) is 0 Å². The summed E-state index contributed by atoms with van der Waals surface area (Å²) < 4.78 is 0. The molecule has 2 rings (SSSR count). The average molecular weight is 397 g/mol. The molecule has 7 heteroatoms. The topological polar surface area (TPSA) is 87.5 Å². The van der Waals surface area contributed by atoms with E-state index in [4.69, 9.17) is 5.73 Å². The van der Waals surface area contributed by atoms with Gasteiger partial charge in [0.05, 0.1) is 12.6 Å². The third kappa shape index (κ3) is 7.87. The van der Waals surface area contributed by atoms with Gasteiger partial charge >= 0.3 is 0 Å². The van der Waals surface area contributed by atoms with Gasteiger partial charge in [-0.15, -0.1) is 12.4 Å². The minimum absolute atomic E-state index is 0. The lowest BCUT2D eigenvalue weighted by Gasteiger charge is -2.19. The van der Waals surface area contributed by atoms with Crippen LogP contribution in [0.1, 0.15) is 46.0 Å². The van der Waals surface area contributed by atoms with E-state index in [1.165, 1.54) is 25.7 Å². The first kappa shape index (κ1) is 23.4. The fourth-order valence-electron chi connectivity index (χ4n) is 3.07. The Kier molecular flexibility index (Phi) is 10.4. The van der Waals surface area contributed by atoms with Crippen molar-refractivity contribution >= 4 is 35.6 Å². The van der Waals surface area contributed by atoms with Gasteiger partial charge in [-0.1, -0.05) is 33.1 Å². The third-order valence-corrected chi connectivity index (χ3v) is 5.06. The van der Waals surface area contributed by atoms with Gasteiger partial charge in [-0.3, -0.25) is 14.5 Å². The highest BCUT2D eigenvalue weighted by atomic mass is 35.5. The van der Waals surface area contributed by atoms with Crippen molar-refractivity contribution in [3.8, 4) is 0 Å². The Morgan fingerprint density at radius 2 is 1.56 bits per heavy atom. The monoisotopic (exact) mass is 396 g/mol. The zero-order valence-electron chi connectivity index (χ0n) is 16.4. The van der Waals surface area contributed by atoms with Crippen LogP contribution in [0.3, 0.4) is 0 Å². The van der Waals surface area contributed by atoms with Gasteiger partial charge in [0, 0.05) is 11.4 Å². The molecule has 0 aliphatic carbocycles. The smallest absolute Gasteiger partial charge is 0.241 e. The van der Waals surface area contributed by atoms with Gasteiger partial charge in [-0.2, -0.15) is 0 Å². The predicted molar refractivity (Wildman–Crippen MR) is 113 cm³/mol. The second-order valence-electron chi connectivity index (χ2n) is 7.22. The molecule has 2 unspecified atom stereocenters. The number of anilines is 2. The maximum absolute atomic E-state index is 12.2. The van der Waals surface area contributed by atoms with Crippen molar-refractivity contribution < 1.29 is 9.59 Å². The maximum Gasteiger partial charge on any atom is 0.241 e. The van der Waals surface area contributed by atoms with E-state index in [0.717, 1.165) is 25.2 Å². The number of carbonyl (C=O) groups excluding carboxylic acids is 2. The van der Waals surface area contributed by atoms with Gasteiger partial charge in [0.2, 0.25) is 11.8 Å².